The molecule has 0 aromatic carbocycles. The van der Waals surface area contributed by atoms with Crippen LogP contribution in [0.2, 0.25) is 0 Å². The van der Waals surface area contributed by atoms with Gasteiger partial charge in [-0.25, -0.2) is 19.2 Å². The number of amides is 2. The lowest BCUT2D eigenvalue weighted by Crippen LogP contribution is -2.55. The average Bonchev–Trinajstić information content (AvgIpc) is 2.78. The van der Waals surface area contributed by atoms with Crippen LogP contribution in [0, 0.1) is 0 Å². The Balaban J connectivity index is 0.000000596. The largest absolute Gasteiger partial charge is 0.473 e. The van der Waals surface area contributed by atoms with Crippen molar-refractivity contribution < 1.29 is 48.3 Å². The van der Waals surface area contributed by atoms with Crippen molar-refractivity contribution in [3.63, 3.8) is 0 Å². The number of methoxy groups -OCH3 is 2. The Morgan fingerprint density at radius 1 is 0.684 bits per heavy atom. The van der Waals surface area contributed by atoms with Gasteiger partial charge < -0.3 is 50.4 Å². The zero-order chi connectivity index (χ0) is 29.5. The predicted molar refractivity (Wildman–Crippen MR) is 138 cm³/mol. The molecule has 0 aromatic heterocycles. The number of piperidine rings is 2. The number of carboxylic acids is 2. The highest BCUT2D eigenvalue weighted by Crippen LogP contribution is 2.12. The first kappa shape index (κ1) is 35.3. The van der Waals surface area contributed by atoms with E-state index >= 15 is 0 Å². The summed E-state index contributed by atoms with van der Waals surface area (Å²) < 4.78 is 21.0. The topological polar surface area (TPSA) is 194 Å². The van der Waals surface area contributed by atoms with Gasteiger partial charge in [0.2, 0.25) is 0 Å². The van der Waals surface area contributed by atoms with Crippen LogP contribution in [0.3, 0.4) is 0 Å². The lowest BCUT2D eigenvalue weighted by atomic mass is 10.0. The fourth-order valence-corrected chi connectivity index (χ4v) is 3.44. The molecule has 14 nitrogen and oxygen atoms in total. The molecule has 6 N–H and O–H groups in total. The van der Waals surface area contributed by atoms with Gasteiger partial charge in [-0.2, -0.15) is 0 Å². The molecule has 2 aliphatic heterocycles. The molecule has 2 heterocycles. The number of carboxylic acid groups (broad SMARTS) is 2. The first-order valence-electron chi connectivity index (χ1n) is 12.4. The highest BCUT2D eigenvalue weighted by Gasteiger charge is 2.29. The molecular formula is C24H46N4O10. The van der Waals surface area contributed by atoms with Gasteiger partial charge in [-0.1, -0.05) is 0 Å². The second kappa shape index (κ2) is 17.0. The molecular weight excluding hydrogens is 504 g/mol. The van der Waals surface area contributed by atoms with Gasteiger partial charge in [0.25, 0.3) is 0 Å². The van der Waals surface area contributed by atoms with Crippen molar-refractivity contribution in [1.29, 1.82) is 0 Å². The third-order valence-electron chi connectivity index (χ3n) is 5.03. The number of alkyl carbamates (subject to hydrolysis) is 2. The van der Waals surface area contributed by atoms with E-state index in [1.54, 1.807) is 14.2 Å². The SMILES string of the molecule is CO[C@@H]1CCNC[C@H]1NC(=O)OC(C)(C)C.CO[C@H]1CCNC[C@H]1NC(=O)OC(C)(C)C.O=C(O)C(=O)O. The Labute approximate surface area is 224 Å². The number of hydrogen-bond donors (Lipinski definition) is 6. The maximum Gasteiger partial charge on any atom is 0.414 e. The second-order valence-electron chi connectivity index (χ2n) is 10.6. The van der Waals surface area contributed by atoms with E-state index in [9.17, 15) is 9.59 Å². The van der Waals surface area contributed by atoms with E-state index in [-0.39, 0.29) is 36.5 Å². The molecule has 2 saturated heterocycles. The molecule has 2 fully saturated rings. The van der Waals surface area contributed by atoms with Crippen LogP contribution in [0.25, 0.3) is 0 Å². The van der Waals surface area contributed by atoms with Gasteiger partial charge in [0, 0.05) is 27.3 Å². The molecule has 0 aliphatic carbocycles. The molecule has 0 radical (unpaired) electrons. The molecule has 2 amide bonds. The lowest BCUT2D eigenvalue weighted by Gasteiger charge is -2.32. The van der Waals surface area contributed by atoms with Crippen LogP contribution in [0.15, 0.2) is 0 Å². The Bertz CT molecular complexity index is 689. The van der Waals surface area contributed by atoms with E-state index < -0.39 is 23.1 Å². The predicted octanol–water partition coefficient (Wildman–Crippen LogP) is 0.932. The molecule has 0 bridgehead atoms. The summed E-state index contributed by atoms with van der Waals surface area (Å²) in [6, 6.07) is -0.0396. The van der Waals surface area contributed by atoms with Crippen LogP contribution < -0.4 is 21.3 Å². The molecule has 0 saturated carbocycles. The van der Waals surface area contributed by atoms with E-state index in [1.165, 1.54) is 0 Å². The molecule has 0 spiro atoms. The fraction of sp³-hybridized carbons (Fsp3) is 0.833. The Morgan fingerprint density at radius 2 is 1.00 bits per heavy atom. The number of hydrogen-bond acceptors (Lipinski definition) is 10. The zero-order valence-corrected chi connectivity index (χ0v) is 23.7. The van der Waals surface area contributed by atoms with Gasteiger partial charge in [-0.15, -0.1) is 0 Å². The Morgan fingerprint density at radius 3 is 1.24 bits per heavy atom. The summed E-state index contributed by atoms with van der Waals surface area (Å²) in [6.07, 6.45) is 1.16. The number of ether oxygens (including phenoxy) is 4. The first-order valence-corrected chi connectivity index (χ1v) is 12.4. The Kier molecular flexibility index (Phi) is 15.8. The van der Waals surface area contributed by atoms with Crippen molar-refractivity contribution in [1.82, 2.24) is 21.3 Å². The summed E-state index contributed by atoms with van der Waals surface area (Å²) in [4.78, 5) is 41.3. The third-order valence-corrected chi connectivity index (χ3v) is 5.03. The van der Waals surface area contributed by atoms with Crippen LogP contribution in [0.4, 0.5) is 9.59 Å². The summed E-state index contributed by atoms with van der Waals surface area (Å²) in [5, 5.41) is 26.9. The van der Waals surface area contributed by atoms with Crippen LogP contribution in [0.1, 0.15) is 54.4 Å². The smallest absolute Gasteiger partial charge is 0.414 e. The molecule has 38 heavy (non-hydrogen) atoms. The van der Waals surface area contributed by atoms with Crippen molar-refractivity contribution in [2.45, 2.75) is 89.9 Å². The van der Waals surface area contributed by atoms with E-state index in [2.05, 4.69) is 21.3 Å². The van der Waals surface area contributed by atoms with E-state index in [0.717, 1.165) is 39.0 Å². The summed E-state index contributed by atoms with van der Waals surface area (Å²) in [5.41, 5.74) is -0.927. The van der Waals surface area contributed by atoms with Crippen LogP contribution >= 0.6 is 0 Å². The summed E-state index contributed by atoms with van der Waals surface area (Å²) >= 11 is 0. The first-order chi connectivity index (χ1) is 17.5. The van der Waals surface area contributed by atoms with Crippen LogP contribution in [0.5, 0.6) is 0 Å². The van der Waals surface area contributed by atoms with Crippen molar-refractivity contribution >= 4 is 24.1 Å². The molecule has 0 aromatic rings. The highest BCUT2D eigenvalue weighted by molar-refractivity contribution is 6.27. The van der Waals surface area contributed by atoms with Crippen LogP contribution in [-0.2, 0) is 28.5 Å². The standard InChI is InChI=1S/2C11H22N2O3.C2H2O4/c2*1-11(2,3)16-10(14)13-8-7-12-6-5-9(8)15-4;3-1(4)2(5)6/h2*8-9,12H,5-7H2,1-4H3,(H,13,14);(H,3,4)(H,5,6)/t8-,9+;8-,9-;/m11./s1. The number of carbonyl (C=O) groups excluding carboxylic acids is 2. The highest BCUT2D eigenvalue weighted by atomic mass is 16.6. The molecule has 222 valence electrons. The molecule has 0 unspecified atom stereocenters. The van der Waals surface area contributed by atoms with Crippen molar-refractivity contribution in [3.05, 3.63) is 0 Å². The fourth-order valence-electron chi connectivity index (χ4n) is 3.44. The van der Waals surface area contributed by atoms with Crippen molar-refractivity contribution in [2.75, 3.05) is 40.4 Å². The Hall–Kier alpha value is -2.68. The van der Waals surface area contributed by atoms with E-state index in [4.69, 9.17) is 38.7 Å². The summed E-state index contributed by atoms with van der Waals surface area (Å²) in [7, 11) is 3.33. The van der Waals surface area contributed by atoms with Crippen LogP contribution in [-0.4, -0.2) is 110 Å². The van der Waals surface area contributed by atoms with Crippen molar-refractivity contribution in [2.24, 2.45) is 0 Å². The molecule has 14 heteroatoms. The molecule has 4 atom stereocenters. The van der Waals surface area contributed by atoms with E-state index in [0.29, 0.717) is 0 Å². The monoisotopic (exact) mass is 550 g/mol. The summed E-state index contributed by atoms with van der Waals surface area (Å²) in [5.74, 6) is -3.65. The van der Waals surface area contributed by atoms with Gasteiger partial charge in [0.05, 0.1) is 24.3 Å². The molecule has 2 rings (SSSR count). The van der Waals surface area contributed by atoms with Crippen molar-refractivity contribution in [3.8, 4) is 0 Å². The molecule has 2 aliphatic rings. The van der Waals surface area contributed by atoms with Gasteiger partial charge in [-0.05, 0) is 67.5 Å². The van der Waals surface area contributed by atoms with Gasteiger partial charge in [-0.3, -0.25) is 0 Å². The van der Waals surface area contributed by atoms with Gasteiger partial charge >= 0.3 is 24.1 Å². The number of aliphatic carboxylic acids is 2. The minimum Gasteiger partial charge on any atom is -0.473 e. The normalized spacial score (nSPS) is 23.3. The van der Waals surface area contributed by atoms with Gasteiger partial charge in [0.1, 0.15) is 11.2 Å². The lowest BCUT2D eigenvalue weighted by molar-refractivity contribution is -0.159. The third kappa shape index (κ3) is 16.9. The maximum atomic E-state index is 11.6. The second-order valence-corrected chi connectivity index (χ2v) is 10.6. The number of carbonyl (C=O) groups is 4. The quantitative estimate of drug-likeness (QED) is 0.272. The zero-order valence-electron chi connectivity index (χ0n) is 23.7. The maximum absolute atomic E-state index is 11.6. The minimum absolute atomic E-state index is 0.0198. The number of rotatable bonds is 4. The average molecular weight is 551 g/mol. The summed E-state index contributed by atoms with van der Waals surface area (Å²) in [6.45, 7) is 14.4. The minimum atomic E-state index is -1.82. The number of nitrogens with one attached hydrogen (secondary N) is 4. The van der Waals surface area contributed by atoms with E-state index in [1.807, 2.05) is 41.5 Å². The van der Waals surface area contributed by atoms with Gasteiger partial charge in [0.15, 0.2) is 0 Å².